The maximum absolute atomic E-state index is 6.14. The summed E-state index contributed by atoms with van der Waals surface area (Å²) in [5.41, 5.74) is 4.08. The van der Waals surface area contributed by atoms with E-state index in [0.29, 0.717) is 31.6 Å². The zero-order valence-corrected chi connectivity index (χ0v) is 21.4. The van der Waals surface area contributed by atoms with E-state index in [-0.39, 0.29) is 24.0 Å². The molecule has 3 aromatic rings. The molecule has 0 amide bonds. The molecule has 1 aliphatic rings. The Morgan fingerprint density at radius 3 is 2.70 bits per heavy atom. The molecule has 0 radical (unpaired) electrons. The van der Waals surface area contributed by atoms with E-state index in [1.165, 1.54) is 5.56 Å². The number of nitrogens with zero attached hydrogens (tertiary/aromatic N) is 2. The van der Waals surface area contributed by atoms with Crippen molar-refractivity contribution >= 4 is 29.9 Å². The molecule has 1 aliphatic heterocycles. The molecule has 1 aromatic heterocycles. The minimum Gasteiger partial charge on any atom is -0.493 e. The lowest BCUT2D eigenvalue weighted by atomic mass is 10.1. The summed E-state index contributed by atoms with van der Waals surface area (Å²) in [4.78, 5) is 4.32. The third-order valence-corrected chi connectivity index (χ3v) is 5.45. The largest absolute Gasteiger partial charge is 0.493 e. The van der Waals surface area contributed by atoms with Gasteiger partial charge in [-0.1, -0.05) is 47.6 Å². The maximum Gasteiger partial charge on any atom is 0.191 e. The Balaban J connectivity index is 0.00000306. The van der Waals surface area contributed by atoms with Gasteiger partial charge in [0.2, 0.25) is 0 Å². The zero-order chi connectivity index (χ0) is 22.2. The van der Waals surface area contributed by atoms with Crippen LogP contribution in [0.5, 0.6) is 5.75 Å². The Morgan fingerprint density at radius 1 is 1.12 bits per heavy atom. The van der Waals surface area contributed by atoms with Crippen LogP contribution in [0.25, 0.3) is 11.3 Å². The number of nitrogens with one attached hydrogen (secondary N) is 2. The summed E-state index contributed by atoms with van der Waals surface area (Å²) in [7, 11) is 1.75. The highest BCUT2D eigenvalue weighted by atomic mass is 127. The van der Waals surface area contributed by atoms with E-state index in [0.717, 1.165) is 48.0 Å². The summed E-state index contributed by atoms with van der Waals surface area (Å²) in [5.74, 6) is 2.81. The molecule has 2 aromatic carbocycles. The normalized spacial score (nSPS) is 15.7. The minimum absolute atomic E-state index is 0. The molecule has 33 heavy (non-hydrogen) atoms. The first kappa shape index (κ1) is 25.0. The summed E-state index contributed by atoms with van der Waals surface area (Å²) < 4.78 is 17.1. The predicted octanol–water partition coefficient (Wildman–Crippen LogP) is 4.55. The van der Waals surface area contributed by atoms with Gasteiger partial charge in [0.25, 0.3) is 0 Å². The number of hydrogen-bond donors (Lipinski definition) is 2. The highest BCUT2D eigenvalue weighted by Crippen LogP contribution is 2.23. The maximum atomic E-state index is 6.14. The van der Waals surface area contributed by atoms with Gasteiger partial charge in [0.1, 0.15) is 11.4 Å². The van der Waals surface area contributed by atoms with Crippen molar-refractivity contribution in [3.05, 3.63) is 71.4 Å². The second-order valence-corrected chi connectivity index (χ2v) is 7.98. The topological polar surface area (TPSA) is 80.9 Å². The number of rotatable bonds is 8. The molecule has 0 saturated carbocycles. The Morgan fingerprint density at radius 2 is 1.94 bits per heavy atom. The number of guanidine groups is 1. The third kappa shape index (κ3) is 7.20. The molecule has 0 spiro atoms. The molecule has 176 valence electrons. The second-order valence-electron chi connectivity index (χ2n) is 7.98. The van der Waals surface area contributed by atoms with Crippen LogP contribution in [0, 0.1) is 12.8 Å². The van der Waals surface area contributed by atoms with Crippen molar-refractivity contribution in [2.24, 2.45) is 10.9 Å². The number of hydrogen-bond acceptors (Lipinski definition) is 5. The standard InChI is InChI=1S/C25H30N4O3.HI/c1-18-8-9-21(23(12-18)31-17-19-10-11-30-16-19)14-27-25(26-2)28-15-22-13-24(32-29-22)20-6-4-3-5-7-20;/h3-9,12-13,19H,10-11,14-17H2,1-2H3,(H2,26,27,28);1H. The van der Waals surface area contributed by atoms with Crippen LogP contribution in [0.3, 0.4) is 0 Å². The lowest BCUT2D eigenvalue weighted by Crippen LogP contribution is -2.36. The van der Waals surface area contributed by atoms with Gasteiger partial charge in [-0.2, -0.15) is 0 Å². The van der Waals surface area contributed by atoms with Gasteiger partial charge in [-0.15, -0.1) is 24.0 Å². The van der Waals surface area contributed by atoms with Crippen molar-refractivity contribution < 1.29 is 14.0 Å². The molecule has 1 atom stereocenters. The lowest BCUT2D eigenvalue weighted by Gasteiger charge is -2.16. The van der Waals surface area contributed by atoms with Crippen LogP contribution < -0.4 is 15.4 Å². The molecule has 1 unspecified atom stereocenters. The molecule has 7 nitrogen and oxygen atoms in total. The van der Waals surface area contributed by atoms with Gasteiger partial charge in [-0.3, -0.25) is 4.99 Å². The Hall–Kier alpha value is -2.59. The van der Waals surface area contributed by atoms with E-state index in [2.05, 4.69) is 45.9 Å². The van der Waals surface area contributed by atoms with E-state index in [1.54, 1.807) is 7.05 Å². The Labute approximate surface area is 212 Å². The van der Waals surface area contributed by atoms with Gasteiger partial charge in [-0.05, 0) is 25.0 Å². The monoisotopic (exact) mass is 562 g/mol. The molecule has 8 heteroatoms. The number of aryl methyl sites for hydroxylation is 1. The average Bonchev–Trinajstić information content (AvgIpc) is 3.52. The fraction of sp³-hybridized carbons (Fsp3) is 0.360. The van der Waals surface area contributed by atoms with E-state index in [1.807, 2.05) is 36.4 Å². The number of ether oxygens (including phenoxy) is 2. The molecule has 4 rings (SSSR count). The Kier molecular flexibility index (Phi) is 9.56. The van der Waals surface area contributed by atoms with Crippen LogP contribution >= 0.6 is 24.0 Å². The van der Waals surface area contributed by atoms with Gasteiger partial charge in [0, 0.05) is 43.3 Å². The quantitative estimate of drug-likeness (QED) is 0.238. The summed E-state index contributed by atoms with van der Waals surface area (Å²) in [6.07, 6.45) is 1.06. The molecule has 2 N–H and O–H groups in total. The van der Waals surface area contributed by atoms with Crippen LogP contribution in [0.2, 0.25) is 0 Å². The van der Waals surface area contributed by atoms with E-state index in [4.69, 9.17) is 14.0 Å². The number of aromatic nitrogens is 1. The first-order valence-electron chi connectivity index (χ1n) is 11.0. The van der Waals surface area contributed by atoms with Crippen LogP contribution in [0.1, 0.15) is 23.2 Å². The molecular weight excluding hydrogens is 531 g/mol. The smallest absolute Gasteiger partial charge is 0.191 e. The van der Waals surface area contributed by atoms with Crippen LogP contribution in [0.15, 0.2) is 64.1 Å². The van der Waals surface area contributed by atoms with Crippen molar-refractivity contribution in [1.29, 1.82) is 0 Å². The van der Waals surface area contributed by atoms with Gasteiger partial charge >= 0.3 is 0 Å². The Bertz CT molecular complexity index is 1030. The predicted molar refractivity (Wildman–Crippen MR) is 140 cm³/mol. The van der Waals surface area contributed by atoms with Gasteiger partial charge in [0.15, 0.2) is 11.7 Å². The van der Waals surface area contributed by atoms with Crippen LogP contribution in [0.4, 0.5) is 0 Å². The van der Waals surface area contributed by atoms with Gasteiger partial charge in [-0.25, -0.2) is 0 Å². The van der Waals surface area contributed by atoms with Crippen molar-refractivity contribution in [3.8, 4) is 17.1 Å². The average molecular weight is 562 g/mol. The van der Waals surface area contributed by atoms with Crippen LogP contribution in [-0.4, -0.2) is 38.0 Å². The fourth-order valence-corrected chi connectivity index (χ4v) is 3.57. The first-order valence-corrected chi connectivity index (χ1v) is 11.0. The zero-order valence-electron chi connectivity index (χ0n) is 19.0. The van der Waals surface area contributed by atoms with Crippen molar-refractivity contribution in [2.45, 2.75) is 26.4 Å². The second kappa shape index (κ2) is 12.6. The highest BCUT2D eigenvalue weighted by Gasteiger charge is 2.17. The van der Waals surface area contributed by atoms with E-state index < -0.39 is 0 Å². The fourth-order valence-electron chi connectivity index (χ4n) is 3.57. The number of aliphatic imine (C=N–C) groups is 1. The summed E-state index contributed by atoms with van der Waals surface area (Å²) in [6.45, 7) is 5.48. The molecule has 1 fully saturated rings. The lowest BCUT2D eigenvalue weighted by molar-refractivity contribution is 0.166. The SMILES string of the molecule is CN=C(NCc1cc(-c2ccccc2)on1)NCc1ccc(C)cc1OCC1CCOC1.I. The summed E-state index contributed by atoms with van der Waals surface area (Å²) >= 11 is 0. The van der Waals surface area contributed by atoms with E-state index in [9.17, 15) is 0 Å². The highest BCUT2D eigenvalue weighted by molar-refractivity contribution is 14.0. The summed E-state index contributed by atoms with van der Waals surface area (Å²) in [5, 5.41) is 10.8. The van der Waals surface area contributed by atoms with Crippen LogP contribution in [-0.2, 0) is 17.8 Å². The molecule has 2 heterocycles. The van der Waals surface area contributed by atoms with Gasteiger partial charge < -0.3 is 24.6 Å². The molecule has 0 bridgehead atoms. The molecular formula is C25H31IN4O3. The van der Waals surface area contributed by atoms with Crippen molar-refractivity contribution in [1.82, 2.24) is 15.8 Å². The molecule has 1 saturated heterocycles. The third-order valence-electron chi connectivity index (χ3n) is 5.45. The minimum atomic E-state index is 0. The summed E-state index contributed by atoms with van der Waals surface area (Å²) in [6, 6.07) is 18.2. The first-order chi connectivity index (χ1) is 15.7. The molecule has 0 aliphatic carbocycles. The van der Waals surface area contributed by atoms with Crippen molar-refractivity contribution in [2.75, 3.05) is 26.9 Å². The van der Waals surface area contributed by atoms with E-state index >= 15 is 0 Å². The van der Waals surface area contributed by atoms with Crippen molar-refractivity contribution in [3.63, 3.8) is 0 Å². The number of halogens is 1. The number of benzene rings is 2. The van der Waals surface area contributed by atoms with Gasteiger partial charge in [0.05, 0.1) is 19.8 Å².